The van der Waals surface area contributed by atoms with E-state index < -0.39 is 0 Å². The Morgan fingerprint density at radius 3 is 1.48 bits per heavy atom. The maximum atomic E-state index is 15.8. The molecule has 0 spiro atoms. The van der Waals surface area contributed by atoms with Gasteiger partial charge in [0.05, 0.1) is 71.0 Å². The van der Waals surface area contributed by atoms with Crippen LogP contribution in [0.25, 0.3) is 123 Å². The van der Waals surface area contributed by atoms with Crippen LogP contribution in [0, 0.1) is 11.6 Å². The Hall–Kier alpha value is -12.4. The van der Waals surface area contributed by atoms with Gasteiger partial charge in [-0.25, -0.2) is 22.8 Å². The maximum absolute atomic E-state index is 15.8. The number of aromatic nitrogens is 17. The number of aryl methyl sites for hydroxylation is 4. The number of hydrazone groups is 2. The Morgan fingerprint density at radius 1 is 0.432 bits per heavy atom. The molecule has 12 heterocycles. The Balaban J connectivity index is 0.000000111. The average molecular weight is 1650 g/mol. The summed E-state index contributed by atoms with van der Waals surface area (Å²) in [5.74, 6) is -0.196. The van der Waals surface area contributed by atoms with Crippen molar-refractivity contribution in [1.29, 1.82) is 0 Å². The summed E-state index contributed by atoms with van der Waals surface area (Å²) in [6.07, 6.45) is 6.70. The monoisotopic (exact) mass is 1650 g/mol. The quantitative estimate of drug-likeness (QED) is 0.120. The minimum Gasteiger partial charge on any atom is -0.349 e. The minimum atomic E-state index is -0.377. The number of nitrogens with zero attached hydrogens (tertiary/aromatic N) is 22. The molecule has 4 aliphatic rings. The highest BCUT2D eigenvalue weighted by atomic mass is 35.5. The molecular weight excluding hydrogens is 1570 g/mol. The molecule has 0 radical (unpaired) electrons. The van der Waals surface area contributed by atoms with Crippen LogP contribution < -0.4 is 5.43 Å². The summed E-state index contributed by atoms with van der Waals surface area (Å²) < 4.78 is 38.2. The number of halogens is 6. The fraction of sp³-hybridized carbons (Fsp3) is 0.213. The Morgan fingerprint density at radius 2 is 0.924 bits per heavy atom. The lowest BCUT2D eigenvalue weighted by molar-refractivity contribution is 0.149. The number of benzene rings is 7. The van der Waals surface area contributed by atoms with Crippen molar-refractivity contribution in [3.8, 4) is 78.9 Å². The largest absolute Gasteiger partial charge is 0.349 e. The van der Waals surface area contributed by atoms with Crippen molar-refractivity contribution in [3.05, 3.63) is 273 Å². The number of fused-ring (bicyclic) bond motifs is 5. The van der Waals surface area contributed by atoms with Crippen LogP contribution in [0.5, 0.6) is 0 Å². The van der Waals surface area contributed by atoms with Crippen LogP contribution in [0.15, 0.2) is 245 Å². The third kappa shape index (κ3) is 16.3. The molecule has 7 aromatic carbocycles. The molecule has 0 amide bonds. The highest BCUT2D eigenvalue weighted by molar-refractivity contribution is 6.48. The zero-order chi connectivity index (χ0) is 81.7. The van der Waals surface area contributed by atoms with E-state index in [-0.39, 0.29) is 23.5 Å². The third-order valence-corrected chi connectivity index (χ3v) is 22.8. The molecule has 3 aliphatic heterocycles. The molecule has 1 atom stereocenters. The van der Waals surface area contributed by atoms with Gasteiger partial charge >= 0.3 is 0 Å². The molecule has 9 aromatic heterocycles. The van der Waals surface area contributed by atoms with E-state index in [9.17, 15) is 4.39 Å². The number of likely N-dealkylation sites (N-methyl/N-ethyl adjacent to an activating group) is 2. The lowest BCUT2D eigenvalue weighted by atomic mass is 10.0. The SMILES string of the molecule is CC1=NN(C)C2NN=C(c3cccc(F)c3)C(Cl)=C12.CN1CCN(CCn2nc(-c3cccn3C)c3c(F)c(-c4ccccc4)nnc32)CC1.Cn1nc(-c2ccccc2)c2c(Cl)c(-c3ccccc3)nnc21.Cn1nc(C2CCCC2)c2c(Cl)c(-c3ccccc3)nnc21.Cn1nc2nnc(-c3ccccc3)c(Cl)c2c1-c1ccccc1. The minimum absolute atomic E-state index is 0.148. The second kappa shape index (κ2) is 35.2. The average Bonchev–Trinajstić information content (AvgIpc) is 1.65. The van der Waals surface area contributed by atoms with Crippen molar-refractivity contribution >= 4 is 102 Å². The number of hydrogen-bond acceptors (Lipinski definition) is 18. The second-order valence-electron chi connectivity index (χ2n) is 29.1. The van der Waals surface area contributed by atoms with Gasteiger partial charge in [0.15, 0.2) is 28.9 Å². The van der Waals surface area contributed by atoms with Crippen LogP contribution in [-0.4, -0.2) is 164 Å². The predicted octanol–water partition coefficient (Wildman–Crippen LogP) is 18.2. The molecule has 1 saturated heterocycles. The van der Waals surface area contributed by atoms with E-state index in [1.807, 2.05) is 247 Å². The number of rotatable bonds is 12. The molecule has 1 unspecified atom stereocenters. The Bertz CT molecular complexity index is 6330. The third-order valence-electron chi connectivity index (χ3n) is 21.3. The zero-order valence-electron chi connectivity index (χ0n) is 65.7. The standard InChI is InChI=1S/C23H26FN7.2C18H13ClN4.C17H17ClN4.C13H12ClFN4/c1-28-11-13-30(14-12-28)15-16-31-23-19(22(27-31)18-9-6-10-29(18)2)20(24)21(25-26-23)17-7-4-3-5-8-17;1-23-17(13-10-6-3-7-11-13)14-15(19)16(20-21-18(14)22-23)12-8-4-2-5-9-12;1-23-18-14(16(22-23)12-8-4-2-5-9-12)15(19)17(20-21-18)13-10-6-3-7-11-13;1-22-17-13(15(21-22)11-9-5-6-10-11)14(18)16(19-20-17)12-7-3-2-4-8-12;1-7-10-11(14)12(8-4-3-5-9(15)6-8)16-17-13(10)19(2)18-7/h3-10H,11-16H2,1-2H3;2*2-11H,1H3;2-4,7-8,11H,5-6,9-10H2,1H3;3-6,13,17H,1-2H3. The van der Waals surface area contributed by atoms with Crippen molar-refractivity contribution in [3.63, 3.8) is 0 Å². The van der Waals surface area contributed by atoms with Gasteiger partial charge in [0.25, 0.3) is 0 Å². The van der Waals surface area contributed by atoms with Crippen LogP contribution in [0.2, 0.25) is 15.1 Å². The molecule has 16 aromatic rings. The first-order valence-corrected chi connectivity index (χ1v) is 40.2. The van der Waals surface area contributed by atoms with Gasteiger partial charge in [-0.2, -0.15) is 30.6 Å². The predicted molar refractivity (Wildman–Crippen MR) is 465 cm³/mol. The van der Waals surface area contributed by atoms with Crippen molar-refractivity contribution < 1.29 is 8.78 Å². The zero-order valence-corrected chi connectivity index (χ0v) is 68.7. The van der Waals surface area contributed by atoms with E-state index in [0.29, 0.717) is 88.8 Å². The molecule has 23 nitrogen and oxygen atoms in total. The smallest absolute Gasteiger partial charge is 0.205 e. The van der Waals surface area contributed by atoms with E-state index in [2.05, 4.69) is 83.5 Å². The van der Waals surface area contributed by atoms with E-state index in [1.54, 1.807) is 35.9 Å². The lowest BCUT2D eigenvalue weighted by Gasteiger charge is -2.32. The number of hydrogen-bond donors (Lipinski definition) is 1. The molecule has 1 saturated carbocycles. The molecule has 1 aliphatic carbocycles. The van der Waals surface area contributed by atoms with Gasteiger partial charge in [0, 0.05) is 125 Å². The highest BCUT2D eigenvalue weighted by Gasteiger charge is 2.35. The molecule has 29 heteroatoms. The summed E-state index contributed by atoms with van der Waals surface area (Å²) in [6, 6.07) is 69.1. The molecule has 20 rings (SSSR count). The molecule has 0 bridgehead atoms. The number of nitrogens with one attached hydrogen (secondary N) is 1. The van der Waals surface area contributed by atoms with Gasteiger partial charge in [0.2, 0.25) is 5.65 Å². The molecule has 1 N–H and O–H groups in total. The van der Waals surface area contributed by atoms with Crippen molar-refractivity contribution in [2.45, 2.75) is 51.2 Å². The van der Waals surface area contributed by atoms with Crippen molar-refractivity contribution in [2.75, 3.05) is 46.8 Å². The molecular formula is C89H81Cl4F2N23. The summed E-state index contributed by atoms with van der Waals surface area (Å²) in [4.78, 5) is 4.75. The summed E-state index contributed by atoms with van der Waals surface area (Å²) in [5, 5.41) is 68.8. The number of allylic oxidation sites excluding steroid dienone is 1. The van der Waals surface area contributed by atoms with Crippen LogP contribution >= 0.6 is 46.4 Å². The summed E-state index contributed by atoms with van der Waals surface area (Å²) in [6.45, 7) is 7.55. The summed E-state index contributed by atoms with van der Waals surface area (Å²) in [7, 11) is 11.6. The normalized spacial score (nSPS) is 14.9. The van der Waals surface area contributed by atoms with E-state index >= 15 is 4.39 Å². The van der Waals surface area contributed by atoms with Crippen LogP contribution in [0.3, 0.4) is 0 Å². The van der Waals surface area contributed by atoms with E-state index in [0.717, 1.165) is 122 Å². The second-order valence-corrected chi connectivity index (χ2v) is 30.6. The van der Waals surface area contributed by atoms with Crippen molar-refractivity contribution in [1.82, 2.24) is 105 Å². The highest BCUT2D eigenvalue weighted by Crippen LogP contribution is 2.43. The molecule has 594 valence electrons. The summed E-state index contributed by atoms with van der Waals surface area (Å²) in [5.41, 5.74) is 20.7. The Labute approximate surface area is 699 Å². The number of piperazine rings is 1. The summed E-state index contributed by atoms with van der Waals surface area (Å²) >= 11 is 26.5. The fourth-order valence-electron chi connectivity index (χ4n) is 15.2. The maximum Gasteiger partial charge on any atom is 0.205 e. The van der Waals surface area contributed by atoms with Gasteiger partial charge in [-0.15, -0.1) is 40.8 Å². The van der Waals surface area contributed by atoms with E-state index in [1.165, 1.54) is 37.8 Å². The van der Waals surface area contributed by atoms with Crippen LogP contribution in [0.4, 0.5) is 8.78 Å². The Kier molecular flexibility index (Phi) is 23.7. The first kappa shape index (κ1) is 79.5. The van der Waals surface area contributed by atoms with Gasteiger partial charge in [0.1, 0.15) is 45.7 Å². The molecule has 2 fully saturated rings. The van der Waals surface area contributed by atoms with Crippen LogP contribution in [-0.2, 0) is 34.7 Å². The van der Waals surface area contributed by atoms with Crippen molar-refractivity contribution in [2.24, 2.45) is 38.4 Å². The lowest BCUT2D eigenvalue weighted by Crippen LogP contribution is -2.45. The van der Waals surface area contributed by atoms with Gasteiger partial charge in [-0.3, -0.25) is 20.0 Å². The van der Waals surface area contributed by atoms with Crippen LogP contribution in [0.1, 0.15) is 49.8 Å². The topological polar surface area (TPSA) is 226 Å². The molecule has 118 heavy (non-hydrogen) atoms. The first-order valence-electron chi connectivity index (χ1n) is 38.7. The van der Waals surface area contributed by atoms with Gasteiger partial charge in [-0.1, -0.05) is 253 Å². The van der Waals surface area contributed by atoms with Gasteiger partial charge < -0.3 is 9.47 Å². The van der Waals surface area contributed by atoms with Gasteiger partial charge in [-0.05, 0) is 51.1 Å². The fourth-order valence-corrected chi connectivity index (χ4v) is 16.6. The first-order chi connectivity index (χ1) is 57.5. The van der Waals surface area contributed by atoms with E-state index in [4.69, 9.17) is 56.6 Å².